The lowest BCUT2D eigenvalue weighted by atomic mass is 9.88. The van der Waals surface area contributed by atoms with Gasteiger partial charge in [-0.25, -0.2) is 9.66 Å². The minimum Gasteiger partial charge on any atom is -0.480 e. The first kappa shape index (κ1) is 23.4. The van der Waals surface area contributed by atoms with Gasteiger partial charge in [-0.3, -0.25) is 19.9 Å². The normalized spacial score (nSPS) is 22.0. The molecule has 0 bridgehead atoms. The Bertz CT molecular complexity index is 1110. The Hall–Kier alpha value is -3.31. The number of hydrogen-bond acceptors (Lipinski definition) is 8. The van der Waals surface area contributed by atoms with Crippen LogP contribution in [0.25, 0.3) is 0 Å². The fraction of sp³-hybridized carbons (Fsp3) is 0.542. The van der Waals surface area contributed by atoms with Crippen LogP contribution in [0.2, 0.25) is 0 Å². The fourth-order valence-electron chi connectivity index (χ4n) is 4.86. The number of nitrogens with zero attached hydrogens (tertiary/aromatic N) is 3. The molecule has 11 heteroatoms. The molecule has 35 heavy (non-hydrogen) atoms. The average Bonchev–Trinajstić information content (AvgIpc) is 3.33. The zero-order chi connectivity index (χ0) is 24.5. The third-order valence-electron chi connectivity index (χ3n) is 6.69. The number of hydrogen-bond donors (Lipinski definition) is 3. The van der Waals surface area contributed by atoms with Crippen LogP contribution in [0.5, 0.6) is 11.5 Å². The Morgan fingerprint density at radius 2 is 1.97 bits per heavy atom. The van der Waals surface area contributed by atoms with Crippen LogP contribution in [0.4, 0.5) is 0 Å². The highest BCUT2D eigenvalue weighted by Crippen LogP contribution is 2.43. The number of rotatable bonds is 8. The Morgan fingerprint density at radius 1 is 1.20 bits per heavy atom. The van der Waals surface area contributed by atoms with Gasteiger partial charge in [-0.1, -0.05) is 12.1 Å². The predicted molar refractivity (Wildman–Crippen MR) is 125 cm³/mol. The van der Waals surface area contributed by atoms with Gasteiger partial charge in [0.15, 0.2) is 17.2 Å². The first-order valence-corrected chi connectivity index (χ1v) is 12.0. The van der Waals surface area contributed by atoms with Gasteiger partial charge < -0.3 is 24.6 Å². The van der Waals surface area contributed by atoms with E-state index in [-0.39, 0.29) is 12.5 Å². The number of benzene rings is 1. The second kappa shape index (κ2) is 9.74. The maximum Gasteiger partial charge on any atom is 0.322 e. The number of nitrogens with one attached hydrogen (secondary N) is 2. The van der Waals surface area contributed by atoms with Gasteiger partial charge in [0.1, 0.15) is 18.6 Å². The van der Waals surface area contributed by atoms with E-state index < -0.39 is 18.4 Å². The van der Waals surface area contributed by atoms with Gasteiger partial charge in [0, 0.05) is 18.9 Å². The second-order valence-electron chi connectivity index (χ2n) is 9.18. The lowest BCUT2D eigenvalue weighted by Crippen LogP contribution is -2.43. The summed E-state index contributed by atoms with van der Waals surface area (Å²) in [6, 6.07) is 6.09. The maximum atomic E-state index is 12.7. The Balaban J connectivity index is 1.28. The first-order chi connectivity index (χ1) is 16.9. The minimum absolute atomic E-state index is 0.205. The summed E-state index contributed by atoms with van der Waals surface area (Å²) in [5.41, 5.74) is 5.27. The van der Waals surface area contributed by atoms with Crippen molar-refractivity contribution >= 4 is 11.9 Å². The van der Waals surface area contributed by atoms with E-state index in [9.17, 15) is 9.59 Å². The number of piperidine rings is 1. The van der Waals surface area contributed by atoms with Gasteiger partial charge in [-0.15, -0.1) is 0 Å². The summed E-state index contributed by atoms with van der Waals surface area (Å²) in [6.45, 7) is 6.16. The highest BCUT2D eigenvalue weighted by atomic mass is 16.7. The third-order valence-corrected chi connectivity index (χ3v) is 6.69. The number of para-hydroxylation sites is 1. The molecule has 0 spiro atoms. The van der Waals surface area contributed by atoms with Gasteiger partial charge in [0.25, 0.3) is 5.91 Å². The molecule has 1 aromatic heterocycles. The van der Waals surface area contributed by atoms with Gasteiger partial charge in [0.05, 0.1) is 18.8 Å². The third kappa shape index (κ3) is 4.92. The number of aliphatic carboxylic acids is 1. The van der Waals surface area contributed by atoms with E-state index in [0.717, 1.165) is 43.9 Å². The lowest BCUT2D eigenvalue weighted by molar-refractivity contribution is -0.135. The molecule has 0 radical (unpaired) electrons. The molecule has 2 saturated heterocycles. The number of ether oxygens (including phenoxy) is 3. The molecule has 188 valence electrons. The molecule has 2 fully saturated rings. The van der Waals surface area contributed by atoms with E-state index in [1.54, 1.807) is 11.6 Å². The number of imidazole rings is 1. The molecule has 4 heterocycles. The minimum atomic E-state index is -1.10. The van der Waals surface area contributed by atoms with Gasteiger partial charge in [-0.2, -0.15) is 0 Å². The summed E-state index contributed by atoms with van der Waals surface area (Å²) < 4.78 is 18.8. The highest BCUT2D eigenvalue weighted by Gasteiger charge is 2.31. The summed E-state index contributed by atoms with van der Waals surface area (Å²) in [5.74, 6) is 1.18. The Morgan fingerprint density at radius 3 is 2.66 bits per heavy atom. The highest BCUT2D eigenvalue weighted by molar-refractivity contribution is 5.95. The van der Waals surface area contributed by atoms with Crippen molar-refractivity contribution in [3.63, 3.8) is 0 Å². The van der Waals surface area contributed by atoms with Crippen molar-refractivity contribution in [3.05, 3.63) is 41.0 Å². The smallest absolute Gasteiger partial charge is 0.322 e. The largest absolute Gasteiger partial charge is 0.480 e. The van der Waals surface area contributed by atoms with E-state index in [1.165, 1.54) is 5.56 Å². The molecule has 0 saturated carbocycles. The van der Waals surface area contributed by atoms with Crippen LogP contribution in [0, 0.1) is 6.92 Å². The number of carbonyl (C=O) groups is 2. The zero-order valence-electron chi connectivity index (χ0n) is 20.0. The molecular weight excluding hydrogens is 454 g/mol. The monoisotopic (exact) mass is 485 g/mol. The Labute approximate surface area is 203 Å². The molecule has 3 aliphatic heterocycles. The fourth-order valence-corrected chi connectivity index (χ4v) is 4.86. The molecule has 11 nitrogen and oxygen atoms in total. The quantitative estimate of drug-likeness (QED) is 0.513. The second-order valence-corrected chi connectivity index (χ2v) is 9.18. The van der Waals surface area contributed by atoms with Crippen molar-refractivity contribution in [2.24, 2.45) is 0 Å². The summed E-state index contributed by atoms with van der Waals surface area (Å²) in [4.78, 5) is 30.6. The molecular formula is C24H31N5O6. The molecule has 2 aromatic rings. The van der Waals surface area contributed by atoms with E-state index in [1.807, 2.05) is 19.1 Å². The number of likely N-dealkylation sites (tertiary alicyclic amines) is 1. The first-order valence-electron chi connectivity index (χ1n) is 12.0. The van der Waals surface area contributed by atoms with E-state index >= 15 is 0 Å². The molecule has 1 amide bonds. The summed E-state index contributed by atoms with van der Waals surface area (Å²) in [7, 11) is 0. The van der Waals surface area contributed by atoms with Crippen molar-refractivity contribution in [2.75, 3.05) is 31.7 Å². The lowest BCUT2D eigenvalue weighted by Gasteiger charge is -2.33. The van der Waals surface area contributed by atoms with Crippen LogP contribution in [0.1, 0.15) is 59.7 Å². The topological polar surface area (TPSA) is 127 Å². The predicted octanol–water partition coefficient (Wildman–Crippen LogP) is 1.79. The molecule has 3 N–H and O–H groups in total. The number of fused-ring (bicyclic) bond motifs is 1. The van der Waals surface area contributed by atoms with Gasteiger partial charge >= 0.3 is 5.97 Å². The molecule has 2 unspecified atom stereocenters. The molecule has 5 rings (SSSR count). The van der Waals surface area contributed by atoms with Crippen molar-refractivity contribution < 1.29 is 28.9 Å². The number of aryl methyl sites for hydroxylation is 1. The molecule has 3 aliphatic rings. The number of carbonyl (C=O) groups excluding carboxylic acids is 1. The van der Waals surface area contributed by atoms with Crippen LogP contribution >= 0.6 is 0 Å². The van der Waals surface area contributed by atoms with Crippen molar-refractivity contribution in [2.45, 2.75) is 58.1 Å². The number of carboxylic acids is 1. The average molecular weight is 486 g/mol. The summed E-state index contributed by atoms with van der Waals surface area (Å²) in [5, 5.41) is 11.4. The standard InChI is InChI=1S/C24H31N5O6/c1-14-22(24(32)25-12-21(30)31)29(27-20-8-11-33-20)19(26-14)13-28-9-6-16(7-10-28)17-4-3-5-18-23(17)35-15(2)34-18/h3-5,15-16,20,27H,6-13H2,1-2H3,(H,25,32)(H,30,31). The van der Waals surface area contributed by atoms with Crippen LogP contribution < -0.4 is 20.2 Å². The summed E-state index contributed by atoms with van der Waals surface area (Å²) >= 11 is 0. The van der Waals surface area contributed by atoms with E-state index in [4.69, 9.17) is 19.3 Å². The van der Waals surface area contributed by atoms with Crippen molar-refractivity contribution in [1.82, 2.24) is 19.9 Å². The SMILES string of the molecule is Cc1nc(CN2CCC(c3cccc4c3OC(C)O4)CC2)n(NC2CCO2)c1C(=O)NCC(=O)O. The number of carboxylic acid groups (broad SMARTS) is 1. The Kier molecular flexibility index (Phi) is 6.52. The van der Waals surface area contributed by atoms with Gasteiger partial charge in [0.2, 0.25) is 6.29 Å². The van der Waals surface area contributed by atoms with Gasteiger partial charge in [-0.05, 0) is 44.8 Å². The maximum absolute atomic E-state index is 12.7. The van der Waals surface area contributed by atoms with Crippen molar-refractivity contribution in [1.29, 1.82) is 0 Å². The van der Waals surface area contributed by atoms with Crippen LogP contribution in [-0.4, -0.2) is 70.3 Å². The summed E-state index contributed by atoms with van der Waals surface area (Å²) in [6.07, 6.45) is 2.30. The van der Waals surface area contributed by atoms with Crippen molar-refractivity contribution in [3.8, 4) is 11.5 Å². The number of aromatic nitrogens is 2. The zero-order valence-corrected chi connectivity index (χ0v) is 20.0. The van der Waals surface area contributed by atoms with E-state index in [2.05, 4.69) is 26.7 Å². The van der Waals surface area contributed by atoms with Crippen LogP contribution in [0.3, 0.4) is 0 Å². The molecule has 0 aliphatic carbocycles. The van der Waals surface area contributed by atoms with E-state index in [0.29, 0.717) is 36.3 Å². The van der Waals surface area contributed by atoms with Crippen LogP contribution in [-0.2, 0) is 16.1 Å². The van der Waals surface area contributed by atoms with Crippen LogP contribution in [0.15, 0.2) is 18.2 Å². The molecule has 2 atom stereocenters. The number of amides is 1. The molecule has 1 aromatic carbocycles.